The van der Waals surface area contributed by atoms with Crippen LogP contribution in [0.4, 0.5) is 5.69 Å². The normalized spacial score (nSPS) is 10.4. The second-order valence-electron chi connectivity index (χ2n) is 3.56. The molecule has 0 radical (unpaired) electrons. The first-order valence-electron chi connectivity index (χ1n) is 5.55. The summed E-state index contributed by atoms with van der Waals surface area (Å²) < 4.78 is 4.86. The fourth-order valence-corrected chi connectivity index (χ4v) is 1.41. The van der Waals surface area contributed by atoms with E-state index in [-0.39, 0.29) is 17.0 Å². The molecule has 0 atom stereocenters. The fourth-order valence-electron chi connectivity index (χ4n) is 1.41. The highest BCUT2D eigenvalue weighted by atomic mass is 16.6. The standard InChI is InChI=1S/C12H15N3O4/c1-19-11-5-4-9(8-10(11)15(17)18)12(16)14-7-3-2-6-13/h2-5,8H,6-7,13H2,1H3,(H,14,16)/b3-2+. The Morgan fingerprint density at radius 1 is 1.53 bits per heavy atom. The molecule has 7 heteroatoms. The van der Waals surface area contributed by atoms with Gasteiger partial charge < -0.3 is 15.8 Å². The summed E-state index contributed by atoms with van der Waals surface area (Å²) in [5.74, 6) is -0.281. The molecule has 1 aromatic rings. The predicted molar refractivity (Wildman–Crippen MR) is 70.2 cm³/mol. The van der Waals surface area contributed by atoms with E-state index in [0.29, 0.717) is 13.1 Å². The van der Waals surface area contributed by atoms with E-state index in [2.05, 4.69) is 5.32 Å². The Morgan fingerprint density at radius 2 is 2.26 bits per heavy atom. The number of carbonyl (C=O) groups excluding carboxylic acids is 1. The van der Waals surface area contributed by atoms with Crippen LogP contribution in [0.3, 0.4) is 0 Å². The average molecular weight is 265 g/mol. The van der Waals surface area contributed by atoms with E-state index in [4.69, 9.17) is 10.5 Å². The largest absolute Gasteiger partial charge is 0.490 e. The van der Waals surface area contributed by atoms with Crippen molar-refractivity contribution in [2.75, 3.05) is 20.2 Å². The first-order valence-corrected chi connectivity index (χ1v) is 5.55. The zero-order valence-electron chi connectivity index (χ0n) is 10.5. The molecule has 0 unspecified atom stereocenters. The summed E-state index contributed by atoms with van der Waals surface area (Å²) in [5, 5.41) is 13.4. The van der Waals surface area contributed by atoms with E-state index in [9.17, 15) is 14.9 Å². The lowest BCUT2D eigenvalue weighted by atomic mass is 10.1. The molecule has 0 aliphatic rings. The van der Waals surface area contributed by atoms with Crippen molar-refractivity contribution < 1.29 is 14.5 Å². The second kappa shape index (κ2) is 7.12. The molecule has 19 heavy (non-hydrogen) atoms. The van der Waals surface area contributed by atoms with Crippen LogP contribution in [-0.4, -0.2) is 31.0 Å². The first-order chi connectivity index (χ1) is 9.10. The van der Waals surface area contributed by atoms with Gasteiger partial charge in [-0.1, -0.05) is 12.2 Å². The molecule has 1 amide bonds. The number of nitrogens with two attached hydrogens (primary N) is 1. The van der Waals surface area contributed by atoms with Crippen molar-refractivity contribution in [3.05, 3.63) is 46.0 Å². The minimum Gasteiger partial charge on any atom is -0.490 e. The minimum atomic E-state index is -0.593. The molecule has 0 heterocycles. The quantitative estimate of drug-likeness (QED) is 0.450. The number of hydrogen-bond donors (Lipinski definition) is 2. The zero-order valence-corrected chi connectivity index (χ0v) is 10.5. The Balaban J connectivity index is 2.83. The molecule has 0 aliphatic carbocycles. The molecule has 0 saturated carbocycles. The van der Waals surface area contributed by atoms with Crippen molar-refractivity contribution in [1.29, 1.82) is 0 Å². The number of nitrogens with zero attached hydrogens (tertiary/aromatic N) is 1. The van der Waals surface area contributed by atoms with Crippen molar-refractivity contribution in [3.63, 3.8) is 0 Å². The molecule has 3 N–H and O–H groups in total. The van der Waals surface area contributed by atoms with Gasteiger partial charge in [-0.05, 0) is 12.1 Å². The van der Waals surface area contributed by atoms with Crippen molar-refractivity contribution >= 4 is 11.6 Å². The molecule has 102 valence electrons. The lowest BCUT2D eigenvalue weighted by Gasteiger charge is -2.05. The van der Waals surface area contributed by atoms with Crippen LogP contribution < -0.4 is 15.8 Å². The predicted octanol–water partition coefficient (Wildman–Crippen LogP) is 0.848. The van der Waals surface area contributed by atoms with Gasteiger partial charge in [0.1, 0.15) is 0 Å². The van der Waals surface area contributed by atoms with Crippen molar-refractivity contribution in [2.24, 2.45) is 5.73 Å². The second-order valence-corrected chi connectivity index (χ2v) is 3.56. The van der Waals surface area contributed by atoms with Gasteiger partial charge in [0, 0.05) is 24.7 Å². The van der Waals surface area contributed by atoms with Crippen molar-refractivity contribution in [1.82, 2.24) is 5.32 Å². The Kier molecular flexibility index (Phi) is 5.49. The molecular weight excluding hydrogens is 250 g/mol. The monoisotopic (exact) mass is 265 g/mol. The van der Waals surface area contributed by atoms with Crippen LogP contribution in [0.25, 0.3) is 0 Å². The fraction of sp³-hybridized carbons (Fsp3) is 0.250. The summed E-state index contributed by atoms with van der Waals surface area (Å²) in [6.45, 7) is 0.708. The summed E-state index contributed by atoms with van der Waals surface area (Å²) in [7, 11) is 1.33. The minimum absolute atomic E-state index is 0.115. The molecular formula is C12H15N3O4. The molecule has 1 rings (SSSR count). The summed E-state index contributed by atoms with van der Waals surface area (Å²) in [4.78, 5) is 22.0. The number of amides is 1. The van der Waals surface area contributed by atoms with Gasteiger partial charge in [-0.3, -0.25) is 14.9 Å². The molecule has 0 spiro atoms. The van der Waals surface area contributed by atoms with E-state index in [1.165, 1.54) is 25.3 Å². The summed E-state index contributed by atoms with van der Waals surface area (Å²) >= 11 is 0. The average Bonchev–Trinajstić information content (AvgIpc) is 2.42. The third-order valence-corrected chi connectivity index (χ3v) is 2.32. The Labute approximate surface area is 110 Å². The van der Waals surface area contributed by atoms with Gasteiger partial charge in [0.05, 0.1) is 12.0 Å². The van der Waals surface area contributed by atoms with E-state index in [0.717, 1.165) is 0 Å². The van der Waals surface area contributed by atoms with Gasteiger partial charge in [-0.15, -0.1) is 0 Å². The van der Waals surface area contributed by atoms with Crippen molar-refractivity contribution in [3.8, 4) is 5.75 Å². The Morgan fingerprint density at radius 3 is 2.84 bits per heavy atom. The maximum absolute atomic E-state index is 11.7. The molecule has 7 nitrogen and oxygen atoms in total. The highest BCUT2D eigenvalue weighted by molar-refractivity contribution is 5.95. The summed E-state index contributed by atoms with van der Waals surface area (Å²) in [5.41, 5.74) is 5.21. The number of nitrogens with one attached hydrogen (secondary N) is 1. The molecule has 0 saturated heterocycles. The Bertz CT molecular complexity index is 500. The van der Waals surface area contributed by atoms with Gasteiger partial charge in [0.15, 0.2) is 5.75 Å². The summed E-state index contributed by atoms with van der Waals surface area (Å²) in [6.07, 6.45) is 3.41. The highest BCUT2D eigenvalue weighted by Crippen LogP contribution is 2.27. The number of hydrogen-bond acceptors (Lipinski definition) is 5. The zero-order chi connectivity index (χ0) is 14.3. The number of rotatable bonds is 6. The van der Waals surface area contributed by atoms with Gasteiger partial charge in [-0.2, -0.15) is 0 Å². The maximum Gasteiger partial charge on any atom is 0.311 e. The maximum atomic E-state index is 11.7. The first kappa shape index (κ1) is 14.7. The van der Waals surface area contributed by atoms with Crippen molar-refractivity contribution in [2.45, 2.75) is 0 Å². The molecule has 0 bridgehead atoms. The van der Waals surface area contributed by atoms with Crippen LogP contribution in [0.15, 0.2) is 30.4 Å². The van der Waals surface area contributed by atoms with Crippen LogP contribution in [0.2, 0.25) is 0 Å². The number of carbonyl (C=O) groups is 1. The number of nitro benzene ring substituents is 1. The van der Waals surface area contributed by atoms with E-state index in [1.807, 2.05) is 0 Å². The lowest BCUT2D eigenvalue weighted by molar-refractivity contribution is -0.385. The molecule has 0 aromatic heterocycles. The van der Waals surface area contributed by atoms with Gasteiger partial charge >= 0.3 is 5.69 Å². The molecule has 0 aliphatic heterocycles. The van der Waals surface area contributed by atoms with E-state index in [1.54, 1.807) is 12.2 Å². The van der Waals surface area contributed by atoms with E-state index < -0.39 is 10.8 Å². The van der Waals surface area contributed by atoms with Crippen LogP contribution in [-0.2, 0) is 0 Å². The lowest BCUT2D eigenvalue weighted by Crippen LogP contribution is -2.23. The van der Waals surface area contributed by atoms with Gasteiger partial charge in [0.25, 0.3) is 5.91 Å². The van der Waals surface area contributed by atoms with Gasteiger partial charge in [-0.25, -0.2) is 0 Å². The number of ether oxygens (including phenoxy) is 1. The third-order valence-electron chi connectivity index (χ3n) is 2.32. The van der Waals surface area contributed by atoms with Crippen LogP contribution in [0.5, 0.6) is 5.75 Å². The SMILES string of the molecule is COc1ccc(C(=O)NC/C=C/CN)cc1[N+](=O)[O-]. The summed E-state index contributed by atoms with van der Waals surface area (Å²) in [6, 6.07) is 4.04. The number of nitro groups is 1. The Hall–Kier alpha value is -2.41. The molecule has 0 fully saturated rings. The van der Waals surface area contributed by atoms with E-state index >= 15 is 0 Å². The smallest absolute Gasteiger partial charge is 0.311 e. The number of benzene rings is 1. The van der Waals surface area contributed by atoms with Crippen LogP contribution >= 0.6 is 0 Å². The van der Waals surface area contributed by atoms with Crippen LogP contribution in [0.1, 0.15) is 10.4 Å². The molecule has 1 aromatic carbocycles. The third kappa shape index (κ3) is 4.07. The van der Waals surface area contributed by atoms with Gasteiger partial charge in [0.2, 0.25) is 0 Å². The number of methoxy groups -OCH3 is 1. The van der Waals surface area contributed by atoms with Crippen LogP contribution in [0, 0.1) is 10.1 Å². The topological polar surface area (TPSA) is 107 Å². The highest BCUT2D eigenvalue weighted by Gasteiger charge is 2.17.